The Hall–Kier alpha value is -1.69. The molecule has 1 rings (SSSR count). The number of unbranched alkanes of at least 4 members (excludes halogenated alkanes) is 1. The lowest BCUT2D eigenvalue weighted by molar-refractivity contribution is -0.131. The number of likely N-dealkylation sites (N-methyl/N-ethyl adjacent to an activating group) is 1. The van der Waals surface area contributed by atoms with Gasteiger partial charge in [0.2, 0.25) is 11.8 Å². The van der Waals surface area contributed by atoms with Crippen molar-refractivity contribution in [2.24, 2.45) is 5.92 Å². The highest BCUT2D eigenvalue weighted by molar-refractivity contribution is 7.81. The predicted octanol–water partition coefficient (Wildman–Crippen LogP) is 2.59. The van der Waals surface area contributed by atoms with E-state index in [1.54, 1.807) is 14.2 Å². The molecule has 3 atom stereocenters. The monoisotopic (exact) mass is 366 g/mol. The quantitative estimate of drug-likeness (QED) is 0.558. The van der Waals surface area contributed by atoms with Crippen molar-refractivity contribution < 1.29 is 14.3 Å². The standard InChI is InChI=1S/C19H30N2O3S/c1-5-6-7-16(13(2)25)18(22)21-17(19(23)20-3)12-14-8-10-15(24-4)11-9-14/h8-11,13,16-17,25H,5-7,12H2,1-4H3,(H,20,23)(H,21,22)/t13?,16?,17-/m0/s1. The van der Waals surface area contributed by atoms with Crippen LogP contribution in [0.1, 0.15) is 38.7 Å². The Morgan fingerprint density at radius 2 is 1.84 bits per heavy atom. The molecule has 140 valence electrons. The zero-order chi connectivity index (χ0) is 18.8. The molecule has 0 aliphatic rings. The number of ether oxygens (including phenoxy) is 1. The number of carbonyl (C=O) groups excluding carboxylic acids is 2. The summed E-state index contributed by atoms with van der Waals surface area (Å²) in [5.74, 6) is 0.238. The van der Waals surface area contributed by atoms with Gasteiger partial charge in [0.05, 0.1) is 7.11 Å². The Bertz CT molecular complexity index is 546. The van der Waals surface area contributed by atoms with E-state index in [2.05, 4.69) is 30.2 Å². The van der Waals surface area contributed by atoms with E-state index in [4.69, 9.17) is 4.74 Å². The van der Waals surface area contributed by atoms with Crippen molar-refractivity contribution in [3.63, 3.8) is 0 Å². The highest BCUT2D eigenvalue weighted by Crippen LogP contribution is 2.18. The third-order valence-electron chi connectivity index (χ3n) is 4.27. The lowest BCUT2D eigenvalue weighted by atomic mass is 9.96. The molecule has 25 heavy (non-hydrogen) atoms. The van der Waals surface area contributed by atoms with Gasteiger partial charge in [0.1, 0.15) is 11.8 Å². The topological polar surface area (TPSA) is 67.4 Å². The molecule has 0 bridgehead atoms. The molecule has 6 heteroatoms. The molecule has 0 aliphatic heterocycles. The third-order valence-corrected chi connectivity index (χ3v) is 4.63. The molecule has 0 radical (unpaired) electrons. The molecule has 1 aromatic rings. The van der Waals surface area contributed by atoms with Crippen LogP contribution in [0.3, 0.4) is 0 Å². The molecule has 0 fully saturated rings. The summed E-state index contributed by atoms with van der Waals surface area (Å²) in [7, 11) is 3.18. The maximum Gasteiger partial charge on any atom is 0.242 e. The first-order valence-electron chi connectivity index (χ1n) is 8.75. The number of hydrogen-bond acceptors (Lipinski definition) is 4. The van der Waals surface area contributed by atoms with E-state index in [-0.39, 0.29) is 23.0 Å². The minimum atomic E-state index is -0.609. The molecule has 0 aliphatic carbocycles. The maximum absolute atomic E-state index is 12.7. The van der Waals surface area contributed by atoms with Crippen LogP contribution in [0.5, 0.6) is 5.75 Å². The molecule has 0 saturated heterocycles. The van der Waals surface area contributed by atoms with Crippen molar-refractivity contribution in [2.45, 2.75) is 50.8 Å². The van der Waals surface area contributed by atoms with Crippen molar-refractivity contribution in [1.29, 1.82) is 0 Å². The normalized spacial score (nSPS) is 14.3. The summed E-state index contributed by atoms with van der Waals surface area (Å²) in [5.41, 5.74) is 0.957. The van der Waals surface area contributed by atoms with Crippen molar-refractivity contribution in [3.05, 3.63) is 29.8 Å². The Kier molecular flexibility index (Phi) is 9.42. The van der Waals surface area contributed by atoms with Crippen LogP contribution in [0.15, 0.2) is 24.3 Å². The Morgan fingerprint density at radius 1 is 1.20 bits per heavy atom. The van der Waals surface area contributed by atoms with Crippen LogP contribution in [0, 0.1) is 5.92 Å². The van der Waals surface area contributed by atoms with Crippen molar-refractivity contribution >= 4 is 24.4 Å². The molecule has 2 unspecified atom stereocenters. The van der Waals surface area contributed by atoms with Gasteiger partial charge in [-0.15, -0.1) is 0 Å². The van der Waals surface area contributed by atoms with Crippen LogP contribution in [-0.4, -0.2) is 37.3 Å². The van der Waals surface area contributed by atoms with Crippen LogP contribution >= 0.6 is 12.6 Å². The van der Waals surface area contributed by atoms with Gasteiger partial charge in [0, 0.05) is 24.6 Å². The number of methoxy groups -OCH3 is 1. The van der Waals surface area contributed by atoms with Gasteiger partial charge >= 0.3 is 0 Å². The van der Waals surface area contributed by atoms with Crippen molar-refractivity contribution in [1.82, 2.24) is 10.6 Å². The second-order valence-corrected chi connectivity index (χ2v) is 7.03. The van der Waals surface area contributed by atoms with Gasteiger partial charge in [0.15, 0.2) is 0 Å². The summed E-state index contributed by atoms with van der Waals surface area (Å²) in [6, 6.07) is 6.88. The van der Waals surface area contributed by atoms with Gasteiger partial charge in [0.25, 0.3) is 0 Å². The van der Waals surface area contributed by atoms with Crippen molar-refractivity contribution in [2.75, 3.05) is 14.2 Å². The van der Waals surface area contributed by atoms with E-state index in [0.29, 0.717) is 6.42 Å². The van der Waals surface area contributed by atoms with Crippen LogP contribution in [0.4, 0.5) is 0 Å². The first kappa shape index (κ1) is 21.4. The SMILES string of the molecule is CCCCC(C(=O)N[C@@H](Cc1ccc(OC)cc1)C(=O)NC)C(C)S. The zero-order valence-electron chi connectivity index (χ0n) is 15.5. The zero-order valence-corrected chi connectivity index (χ0v) is 16.4. The van der Waals surface area contributed by atoms with E-state index in [9.17, 15) is 9.59 Å². The van der Waals surface area contributed by atoms with Gasteiger partial charge in [-0.3, -0.25) is 9.59 Å². The number of rotatable bonds is 10. The van der Waals surface area contributed by atoms with Gasteiger partial charge in [-0.2, -0.15) is 12.6 Å². The summed E-state index contributed by atoms with van der Waals surface area (Å²) in [5, 5.41) is 5.47. The van der Waals surface area contributed by atoms with E-state index in [1.165, 1.54) is 0 Å². The Labute approximate surface area is 156 Å². The largest absolute Gasteiger partial charge is 0.497 e. The van der Waals surface area contributed by atoms with Crippen LogP contribution in [0.25, 0.3) is 0 Å². The third kappa shape index (κ3) is 6.98. The molecule has 2 amide bonds. The molecule has 0 spiro atoms. The van der Waals surface area contributed by atoms with Crippen LogP contribution in [0.2, 0.25) is 0 Å². The summed E-state index contributed by atoms with van der Waals surface area (Å²) >= 11 is 4.45. The Balaban J connectivity index is 2.83. The van der Waals surface area contributed by atoms with E-state index in [0.717, 1.165) is 30.6 Å². The van der Waals surface area contributed by atoms with Gasteiger partial charge in [-0.1, -0.05) is 38.8 Å². The fraction of sp³-hybridized carbons (Fsp3) is 0.579. The van der Waals surface area contributed by atoms with Gasteiger partial charge in [-0.05, 0) is 24.1 Å². The number of hydrogen-bond donors (Lipinski definition) is 3. The highest BCUT2D eigenvalue weighted by atomic mass is 32.1. The minimum absolute atomic E-state index is 0.0575. The fourth-order valence-corrected chi connectivity index (χ4v) is 2.96. The fourth-order valence-electron chi connectivity index (χ4n) is 2.67. The molecule has 0 heterocycles. The highest BCUT2D eigenvalue weighted by Gasteiger charge is 2.27. The van der Waals surface area contributed by atoms with E-state index in [1.807, 2.05) is 31.2 Å². The van der Waals surface area contributed by atoms with Crippen LogP contribution < -0.4 is 15.4 Å². The number of nitrogens with one attached hydrogen (secondary N) is 2. The van der Waals surface area contributed by atoms with E-state index < -0.39 is 6.04 Å². The van der Waals surface area contributed by atoms with Gasteiger partial charge in [-0.25, -0.2) is 0 Å². The first-order chi connectivity index (χ1) is 11.9. The minimum Gasteiger partial charge on any atom is -0.497 e. The lowest BCUT2D eigenvalue weighted by Crippen LogP contribution is -2.49. The molecule has 5 nitrogen and oxygen atoms in total. The number of amides is 2. The van der Waals surface area contributed by atoms with E-state index >= 15 is 0 Å². The average molecular weight is 367 g/mol. The molecule has 0 aromatic heterocycles. The number of thiol groups is 1. The van der Waals surface area contributed by atoms with Crippen molar-refractivity contribution in [3.8, 4) is 5.75 Å². The number of benzene rings is 1. The molecule has 0 saturated carbocycles. The summed E-state index contributed by atoms with van der Waals surface area (Å²) in [6.07, 6.45) is 3.19. The number of carbonyl (C=O) groups is 2. The summed E-state index contributed by atoms with van der Waals surface area (Å²) in [6.45, 7) is 4.01. The summed E-state index contributed by atoms with van der Waals surface area (Å²) < 4.78 is 5.15. The first-order valence-corrected chi connectivity index (χ1v) is 9.27. The molecule has 2 N–H and O–H groups in total. The molecule has 1 aromatic carbocycles. The lowest BCUT2D eigenvalue weighted by Gasteiger charge is -2.24. The second-order valence-electron chi connectivity index (χ2n) is 6.22. The Morgan fingerprint density at radius 3 is 2.32 bits per heavy atom. The second kappa shape index (κ2) is 11.0. The van der Waals surface area contributed by atoms with Crippen LogP contribution in [-0.2, 0) is 16.0 Å². The van der Waals surface area contributed by atoms with Gasteiger partial charge < -0.3 is 15.4 Å². The molecular weight excluding hydrogens is 336 g/mol. The predicted molar refractivity (Wildman–Crippen MR) is 104 cm³/mol. The smallest absolute Gasteiger partial charge is 0.242 e. The maximum atomic E-state index is 12.7. The molecular formula is C19H30N2O3S. The summed E-state index contributed by atoms with van der Waals surface area (Å²) in [4.78, 5) is 24.9. The average Bonchev–Trinajstić information content (AvgIpc) is 2.61.